The number of nitrogens with one attached hydrogen (secondary N) is 1. The fraction of sp³-hybridized carbons (Fsp3) is 0.500. The van der Waals surface area contributed by atoms with Crippen LogP contribution in [0, 0.1) is 0 Å². The molecule has 4 nitrogen and oxygen atoms in total. The van der Waals surface area contributed by atoms with Gasteiger partial charge in [-0.25, -0.2) is 0 Å². The summed E-state index contributed by atoms with van der Waals surface area (Å²) in [6.45, 7) is 1.22. The van der Waals surface area contributed by atoms with Gasteiger partial charge >= 0.3 is 5.97 Å². The van der Waals surface area contributed by atoms with Crippen molar-refractivity contribution in [2.45, 2.75) is 13.0 Å². The summed E-state index contributed by atoms with van der Waals surface area (Å²) in [5.74, 6) is -1.21. The van der Waals surface area contributed by atoms with E-state index in [2.05, 4.69) is 0 Å². The molecule has 5 heteroatoms. The second-order valence-electron chi connectivity index (χ2n) is 1.23. The third-order valence-corrected chi connectivity index (χ3v) is 0.604. The van der Waals surface area contributed by atoms with Crippen LogP contribution < -0.4 is 5.31 Å². The van der Waals surface area contributed by atoms with E-state index < -0.39 is 12.0 Å². The van der Waals surface area contributed by atoms with Crippen molar-refractivity contribution in [2.24, 2.45) is 0 Å². The summed E-state index contributed by atoms with van der Waals surface area (Å²) in [4.78, 5) is 19.6. The van der Waals surface area contributed by atoms with E-state index in [9.17, 15) is 9.59 Å². The zero-order valence-corrected chi connectivity index (χ0v) is 7.70. The molecule has 1 atom stereocenters. The number of carboxylic acids is 1. The molecule has 0 aliphatic carbocycles. The van der Waals surface area contributed by atoms with Crippen LogP contribution >= 0.6 is 0 Å². The molecule has 1 radical (unpaired) electrons. The molecular formula is C4H6NO3Y-. The first-order valence-electron chi connectivity index (χ1n) is 2.43. The molecule has 0 saturated carbocycles. The van der Waals surface area contributed by atoms with Crippen LogP contribution in [-0.2, 0) is 42.3 Å². The van der Waals surface area contributed by atoms with Gasteiger partial charge in [0.05, 0.1) is 6.04 Å². The Hall–Kier alpha value is 0.0439. The van der Waals surface area contributed by atoms with Crippen LogP contribution in [0.3, 0.4) is 0 Å². The Morgan fingerprint density at radius 1 is 2.00 bits per heavy atom. The number of hydrogen-bond donors (Lipinski definition) is 2. The molecule has 0 saturated heterocycles. The van der Waals surface area contributed by atoms with E-state index in [0.717, 1.165) is 6.41 Å². The summed E-state index contributed by atoms with van der Waals surface area (Å²) in [7, 11) is 0. The number of carboxylic acid groups (broad SMARTS) is 1. The van der Waals surface area contributed by atoms with Crippen LogP contribution in [0.5, 0.6) is 0 Å². The maximum atomic E-state index is 9.96. The quantitative estimate of drug-likeness (QED) is 0.466. The fourth-order valence-corrected chi connectivity index (χ4v) is 0.134. The number of hydrogen-bond acceptors (Lipinski definition) is 2. The van der Waals surface area contributed by atoms with Gasteiger partial charge in [0.2, 0.25) is 0 Å². The van der Waals surface area contributed by atoms with Crippen molar-refractivity contribution in [1.29, 1.82) is 0 Å². The third-order valence-electron chi connectivity index (χ3n) is 0.604. The average molecular weight is 207 g/mol. The SMILES string of the molecule is [3H]N([C-]=O)C(C)C(=O)O.[Y]. The Morgan fingerprint density at radius 3 is 2.56 bits per heavy atom. The molecule has 0 aromatic heterocycles. The van der Waals surface area contributed by atoms with Gasteiger partial charge in [-0.1, -0.05) is 0 Å². The van der Waals surface area contributed by atoms with E-state index in [4.69, 9.17) is 6.52 Å². The Labute approximate surface area is 79.3 Å². The number of amides is 1. The van der Waals surface area contributed by atoms with Crippen LogP contribution in [0.1, 0.15) is 6.92 Å². The second-order valence-corrected chi connectivity index (χ2v) is 1.23. The molecule has 0 aliphatic heterocycles. The fourth-order valence-electron chi connectivity index (χ4n) is 0.134. The maximum absolute atomic E-state index is 9.96. The molecule has 1 unspecified atom stereocenters. The van der Waals surface area contributed by atoms with Crippen molar-refractivity contribution >= 4 is 12.4 Å². The monoisotopic (exact) mass is 207 g/mol. The normalized spacial score (nSPS) is 12.3. The number of aliphatic carboxylic acids is 1. The predicted octanol–water partition coefficient (Wildman–Crippen LogP) is -0.886. The van der Waals surface area contributed by atoms with E-state index >= 15 is 0 Å². The molecule has 0 aliphatic rings. The minimum Gasteiger partial charge on any atom is -0.520 e. The van der Waals surface area contributed by atoms with Crippen molar-refractivity contribution in [3.63, 3.8) is 0 Å². The molecule has 0 heterocycles. The second kappa shape index (κ2) is 6.17. The molecule has 0 aromatic rings. The van der Waals surface area contributed by atoms with Crippen LogP contribution in [-0.4, -0.2) is 23.5 Å². The van der Waals surface area contributed by atoms with Gasteiger partial charge < -0.3 is 15.2 Å². The molecule has 0 bridgehead atoms. The van der Waals surface area contributed by atoms with Crippen molar-refractivity contribution in [3.05, 3.63) is 0 Å². The number of carbonyl (C=O) groups is 1. The molecule has 0 rings (SSSR count). The van der Waals surface area contributed by atoms with E-state index in [-0.39, 0.29) is 38.0 Å². The predicted molar refractivity (Wildman–Crippen MR) is 25.9 cm³/mol. The molecule has 0 aromatic carbocycles. The Morgan fingerprint density at radius 2 is 2.44 bits per heavy atom. The molecule has 0 spiro atoms. The smallest absolute Gasteiger partial charge is 0.323 e. The molecule has 49 valence electrons. The molecular weight excluding hydrogens is 199 g/mol. The molecule has 9 heavy (non-hydrogen) atoms. The van der Waals surface area contributed by atoms with E-state index in [1.807, 2.05) is 0 Å². The van der Waals surface area contributed by atoms with Gasteiger partial charge in [0, 0.05) is 32.7 Å². The standard InChI is InChI=1S/C4H6NO3.Y/c1-3(4(7)8)5-2-6;/h3H,1H3,(H,5,6)(H,7,8);/q-1;/i/hT. The average Bonchev–Trinajstić information content (AvgIpc) is 1.84. The largest absolute Gasteiger partial charge is 0.520 e. The Kier molecular flexibility index (Phi) is 6.20. The van der Waals surface area contributed by atoms with Crippen molar-refractivity contribution < 1.29 is 48.8 Å². The van der Waals surface area contributed by atoms with Gasteiger partial charge in [-0.05, 0) is 6.92 Å². The summed E-state index contributed by atoms with van der Waals surface area (Å²) >= 11 is 0. The van der Waals surface area contributed by atoms with Crippen LogP contribution in [0.4, 0.5) is 0 Å². The van der Waals surface area contributed by atoms with Gasteiger partial charge in [0.15, 0.2) is 0 Å². The van der Waals surface area contributed by atoms with Crippen LogP contribution in [0.2, 0.25) is 1.41 Å². The third kappa shape index (κ3) is 5.92. The van der Waals surface area contributed by atoms with Gasteiger partial charge in [0.1, 0.15) is 1.41 Å². The van der Waals surface area contributed by atoms with Crippen molar-refractivity contribution in [1.82, 2.24) is 5.31 Å². The van der Waals surface area contributed by atoms with Crippen LogP contribution in [0.25, 0.3) is 0 Å². The van der Waals surface area contributed by atoms with E-state index in [0.29, 0.717) is 0 Å². The molecule has 0 fully saturated rings. The summed E-state index contributed by atoms with van der Waals surface area (Å²) in [6.07, 6.45) is 1.12. The zero-order chi connectivity index (χ0) is 7.44. The zero-order valence-electron chi connectivity index (χ0n) is 5.87. The van der Waals surface area contributed by atoms with E-state index in [1.165, 1.54) is 6.92 Å². The Bertz CT molecular complexity index is 132. The number of rotatable bonds is 3. The first-order valence-corrected chi connectivity index (χ1v) is 1.98. The summed E-state index contributed by atoms with van der Waals surface area (Å²) in [5.41, 5.74) is 0. The minimum absolute atomic E-state index is 0. The van der Waals surface area contributed by atoms with Gasteiger partial charge in [-0.2, -0.15) is 6.41 Å². The van der Waals surface area contributed by atoms with Crippen molar-refractivity contribution in [2.75, 3.05) is 0 Å². The first-order chi connectivity index (χ1) is 4.09. The molecule has 1 amide bonds. The summed E-state index contributed by atoms with van der Waals surface area (Å²) in [6, 6.07) is -1.12. The van der Waals surface area contributed by atoms with Crippen LogP contribution in [0.15, 0.2) is 0 Å². The number of carbonyl (C=O) groups excluding carboxylic acids is 1. The van der Waals surface area contributed by atoms with Crippen molar-refractivity contribution in [3.8, 4) is 0 Å². The van der Waals surface area contributed by atoms with E-state index in [1.54, 1.807) is 0 Å². The van der Waals surface area contributed by atoms with Gasteiger partial charge in [-0.3, -0.25) is 4.79 Å². The molecule has 2 N–H and O–H groups in total. The van der Waals surface area contributed by atoms with Gasteiger partial charge in [0.25, 0.3) is 0 Å². The Balaban J connectivity index is 0. The maximum Gasteiger partial charge on any atom is 0.323 e. The summed E-state index contributed by atoms with van der Waals surface area (Å²) in [5, 5.41) is 8.35. The minimum atomic E-state index is -1.21. The summed E-state index contributed by atoms with van der Waals surface area (Å²) < 4.78 is 6.59. The first kappa shape index (κ1) is 9.04. The topological polar surface area (TPSA) is 66.4 Å². The van der Waals surface area contributed by atoms with Gasteiger partial charge in [-0.15, -0.1) is 0 Å².